The summed E-state index contributed by atoms with van der Waals surface area (Å²) < 4.78 is 5.91. The van der Waals surface area contributed by atoms with Gasteiger partial charge in [-0.25, -0.2) is 0 Å². The number of nitrogens with zero attached hydrogens (tertiary/aromatic N) is 2. The normalized spacial score (nSPS) is 14.1. The van der Waals surface area contributed by atoms with E-state index in [0.29, 0.717) is 0 Å². The molecule has 2 aromatic carbocycles. The van der Waals surface area contributed by atoms with E-state index in [4.69, 9.17) is 4.74 Å². The molecule has 1 aliphatic rings. The number of allylic oxidation sites excluding steroid dienone is 1. The molecule has 0 radical (unpaired) electrons. The van der Waals surface area contributed by atoms with E-state index in [1.54, 1.807) is 0 Å². The molecule has 0 unspecified atom stereocenters. The number of nitrogens with one attached hydrogen (secondary N) is 1. The summed E-state index contributed by atoms with van der Waals surface area (Å²) in [6, 6.07) is 19.0. The molecular formula is C24H34ClN3O. The summed E-state index contributed by atoms with van der Waals surface area (Å²) in [5.41, 5.74) is 3.79. The molecule has 5 heteroatoms. The molecule has 1 N–H and O–H groups in total. The lowest BCUT2D eigenvalue weighted by molar-refractivity contribution is 0.225. The number of halogens is 1. The van der Waals surface area contributed by atoms with Gasteiger partial charge in [0, 0.05) is 50.6 Å². The van der Waals surface area contributed by atoms with Crippen molar-refractivity contribution in [1.29, 1.82) is 0 Å². The number of hydrogen-bond donors (Lipinski definition) is 1. The third-order valence-corrected chi connectivity index (χ3v) is 5.05. The molecular weight excluding hydrogens is 382 g/mol. The quantitative estimate of drug-likeness (QED) is 0.456. The molecule has 3 rings (SSSR count). The Morgan fingerprint density at radius 2 is 1.66 bits per heavy atom. The van der Waals surface area contributed by atoms with Gasteiger partial charge in [-0.3, -0.25) is 4.90 Å². The van der Waals surface area contributed by atoms with Crippen LogP contribution in [0.25, 0.3) is 0 Å². The molecule has 0 aromatic heterocycles. The maximum Gasteiger partial charge on any atom is 0.119 e. The summed E-state index contributed by atoms with van der Waals surface area (Å²) >= 11 is 0. The minimum atomic E-state index is 0. The van der Waals surface area contributed by atoms with Gasteiger partial charge >= 0.3 is 0 Å². The lowest BCUT2D eigenvalue weighted by Gasteiger charge is -2.36. The Morgan fingerprint density at radius 3 is 2.31 bits per heavy atom. The van der Waals surface area contributed by atoms with Crippen molar-refractivity contribution in [3.63, 3.8) is 0 Å². The highest BCUT2D eigenvalue weighted by Gasteiger charge is 2.16. The van der Waals surface area contributed by atoms with Crippen LogP contribution in [0.4, 0.5) is 11.4 Å². The smallest absolute Gasteiger partial charge is 0.119 e. The van der Waals surface area contributed by atoms with Crippen molar-refractivity contribution in [2.75, 3.05) is 56.1 Å². The number of anilines is 2. The van der Waals surface area contributed by atoms with Gasteiger partial charge in [0.2, 0.25) is 0 Å². The zero-order chi connectivity index (χ0) is 19.6. The van der Waals surface area contributed by atoms with Crippen LogP contribution in [0.1, 0.15) is 20.3 Å². The first kappa shape index (κ1) is 23.1. The molecule has 1 saturated heterocycles. The molecule has 29 heavy (non-hydrogen) atoms. The number of rotatable bonds is 9. The van der Waals surface area contributed by atoms with Gasteiger partial charge in [0.1, 0.15) is 5.75 Å². The molecule has 0 aliphatic carbocycles. The minimum absolute atomic E-state index is 0. The molecule has 0 atom stereocenters. The van der Waals surface area contributed by atoms with Crippen molar-refractivity contribution in [2.24, 2.45) is 0 Å². The van der Waals surface area contributed by atoms with Crippen LogP contribution in [0, 0.1) is 0 Å². The van der Waals surface area contributed by atoms with Gasteiger partial charge in [0.05, 0.1) is 6.61 Å². The Morgan fingerprint density at radius 1 is 0.966 bits per heavy atom. The van der Waals surface area contributed by atoms with Crippen LogP contribution >= 0.6 is 12.4 Å². The minimum Gasteiger partial charge on any atom is -0.494 e. The second-order valence-electron chi connectivity index (χ2n) is 7.55. The Kier molecular flexibility index (Phi) is 9.89. The zero-order valence-electron chi connectivity index (χ0n) is 17.6. The number of hydrogen-bond acceptors (Lipinski definition) is 4. The molecule has 0 amide bonds. The standard InChI is InChI=1S/C24H33N3O.ClH/c1-21(2)13-14-25-22-9-11-24(12-10-22)28-20-6-15-26-16-18-27(19-17-26)23-7-4-3-5-8-23;/h3-5,7-13,25H,6,14-20H2,1-2H3;1H. The average Bonchev–Trinajstić information content (AvgIpc) is 2.73. The van der Waals surface area contributed by atoms with Crippen LogP contribution in [-0.2, 0) is 0 Å². The molecule has 2 aromatic rings. The van der Waals surface area contributed by atoms with Gasteiger partial charge < -0.3 is 15.0 Å². The predicted molar refractivity (Wildman–Crippen MR) is 127 cm³/mol. The Bertz CT molecular complexity index is 722. The third-order valence-electron chi connectivity index (χ3n) is 5.05. The highest BCUT2D eigenvalue weighted by molar-refractivity contribution is 5.85. The largest absolute Gasteiger partial charge is 0.494 e. The second-order valence-corrected chi connectivity index (χ2v) is 7.55. The summed E-state index contributed by atoms with van der Waals surface area (Å²) in [5.74, 6) is 0.946. The van der Waals surface area contributed by atoms with Crippen molar-refractivity contribution in [3.8, 4) is 5.75 Å². The van der Waals surface area contributed by atoms with Crippen LogP contribution < -0.4 is 15.0 Å². The summed E-state index contributed by atoms with van der Waals surface area (Å²) in [7, 11) is 0. The van der Waals surface area contributed by atoms with Gasteiger partial charge in [0.25, 0.3) is 0 Å². The van der Waals surface area contributed by atoms with Crippen molar-refractivity contribution < 1.29 is 4.74 Å². The Labute approximate surface area is 182 Å². The van der Waals surface area contributed by atoms with E-state index in [-0.39, 0.29) is 12.4 Å². The summed E-state index contributed by atoms with van der Waals surface area (Å²) in [4.78, 5) is 5.01. The van der Waals surface area contributed by atoms with Gasteiger partial charge in [0.15, 0.2) is 0 Å². The predicted octanol–water partition coefficient (Wildman–Crippen LogP) is 5.08. The van der Waals surface area contributed by atoms with Crippen molar-refractivity contribution in [1.82, 2.24) is 4.90 Å². The van der Waals surface area contributed by atoms with Crippen LogP contribution in [0.3, 0.4) is 0 Å². The van der Waals surface area contributed by atoms with E-state index < -0.39 is 0 Å². The number of piperazine rings is 1. The Hall–Kier alpha value is -2.17. The summed E-state index contributed by atoms with van der Waals surface area (Å²) in [6.45, 7) is 11.4. The molecule has 0 spiro atoms. The van der Waals surface area contributed by atoms with E-state index in [1.165, 1.54) is 11.3 Å². The lowest BCUT2D eigenvalue weighted by Crippen LogP contribution is -2.46. The number of ether oxygens (including phenoxy) is 1. The first-order chi connectivity index (χ1) is 13.7. The maximum atomic E-state index is 5.91. The molecule has 1 aliphatic heterocycles. The topological polar surface area (TPSA) is 27.7 Å². The molecule has 1 fully saturated rings. The van der Waals surface area contributed by atoms with E-state index in [9.17, 15) is 0 Å². The van der Waals surface area contributed by atoms with Crippen LogP contribution in [0.15, 0.2) is 66.2 Å². The molecule has 0 saturated carbocycles. The third kappa shape index (κ3) is 8.00. The number of para-hydroxylation sites is 1. The van der Waals surface area contributed by atoms with Crippen LogP contribution in [-0.4, -0.2) is 50.8 Å². The fourth-order valence-electron chi connectivity index (χ4n) is 3.39. The summed E-state index contributed by atoms with van der Waals surface area (Å²) in [6.07, 6.45) is 3.25. The fourth-order valence-corrected chi connectivity index (χ4v) is 3.39. The Balaban J connectivity index is 0.00000300. The van der Waals surface area contributed by atoms with Gasteiger partial charge in [-0.05, 0) is 56.7 Å². The number of benzene rings is 2. The molecule has 4 nitrogen and oxygen atoms in total. The lowest BCUT2D eigenvalue weighted by atomic mass is 10.2. The van der Waals surface area contributed by atoms with Crippen LogP contribution in [0.5, 0.6) is 5.75 Å². The first-order valence-electron chi connectivity index (χ1n) is 10.3. The molecule has 0 bridgehead atoms. The van der Waals surface area contributed by atoms with E-state index in [1.807, 2.05) is 12.1 Å². The van der Waals surface area contributed by atoms with Gasteiger partial charge in [-0.2, -0.15) is 0 Å². The molecule has 158 valence electrons. The van der Waals surface area contributed by atoms with E-state index in [0.717, 1.165) is 63.7 Å². The van der Waals surface area contributed by atoms with Crippen molar-refractivity contribution >= 4 is 23.8 Å². The maximum absolute atomic E-state index is 5.91. The van der Waals surface area contributed by atoms with Gasteiger partial charge in [-0.1, -0.05) is 29.8 Å². The SMILES string of the molecule is CC(C)=CCNc1ccc(OCCCN2CCN(c3ccccc3)CC2)cc1.Cl. The highest BCUT2D eigenvalue weighted by atomic mass is 35.5. The average molecular weight is 416 g/mol. The van der Waals surface area contributed by atoms with Crippen molar-refractivity contribution in [2.45, 2.75) is 20.3 Å². The highest BCUT2D eigenvalue weighted by Crippen LogP contribution is 2.17. The second kappa shape index (κ2) is 12.4. The van der Waals surface area contributed by atoms with Crippen molar-refractivity contribution in [3.05, 3.63) is 66.2 Å². The first-order valence-corrected chi connectivity index (χ1v) is 10.3. The van der Waals surface area contributed by atoms with Gasteiger partial charge in [-0.15, -0.1) is 12.4 Å². The summed E-state index contributed by atoms with van der Waals surface area (Å²) in [5, 5.41) is 3.39. The van der Waals surface area contributed by atoms with Crippen LogP contribution in [0.2, 0.25) is 0 Å². The monoisotopic (exact) mass is 415 g/mol. The molecule has 1 heterocycles. The zero-order valence-corrected chi connectivity index (χ0v) is 18.5. The van der Waals surface area contributed by atoms with E-state index >= 15 is 0 Å². The van der Waals surface area contributed by atoms with E-state index in [2.05, 4.69) is 77.5 Å². The fraction of sp³-hybridized carbons (Fsp3) is 0.417.